The van der Waals surface area contributed by atoms with Crippen LogP contribution in [0.4, 0.5) is 8.78 Å². The molecule has 1 heterocycles. The average molecular weight is 390 g/mol. The molecule has 3 aromatic rings. The Labute approximate surface area is 165 Å². The van der Waals surface area contributed by atoms with Crippen LogP contribution in [0, 0.1) is 34.3 Å². The third-order valence-electron chi connectivity index (χ3n) is 4.94. The molecule has 0 radical (unpaired) electrons. The van der Waals surface area contributed by atoms with Crippen molar-refractivity contribution in [3.05, 3.63) is 87.5 Å². The first kappa shape index (κ1) is 18.7. The van der Waals surface area contributed by atoms with Crippen LogP contribution in [-0.4, -0.2) is 15.7 Å². The quantitative estimate of drug-likeness (QED) is 0.641. The fourth-order valence-electron chi connectivity index (χ4n) is 3.30. The van der Waals surface area contributed by atoms with Gasteiger partial charge in [-0.15, -0.1) is 0 Å². The summed E-state index contributed by atoms with van der Waals surface area (Å²) in [6.07, 6.45) is 1.63. The maximum Gasteiger partial charge on any atom is 0.251 e. The van der Waals surface area contributed by atoms with Gasteiger partial charge in [-0.3, -0.25) is 4.79 Å². The van der Waals surface area contributed by atoms with Gasteiger partial charge in [0, 0.05) is 29.0 Å². The maximum atomic E-state index is 14.6. The Kier molecular flexibility index (Phi) is 4.77. The van der Waals surface area contributed by atoms with Gasteiger partial charge in [-0.1, -0.05) is 18.2 Å². The lowest BCUT2D eigenvalue weighted by Crippen LogP contribution is -2.23. The van der Waals surface area contributed by atoms with E-state index in [1.165, 1.54) is 12.1 Å². The van der Waals surface area contributed by atoms with Crippen LogP contribution in [-0.2, 0) is 0 Å². The Morgan fingerprint density at radius 1 is 1.17 bits per heavy atom. The second-order valence-corrected chi connectivity index (χ2v) is 7.03. The molecule has 7 heteroatoms. The lowest BCUT2D eigenvalue weighted by molar-refractivity contribution is 0.570. The van der Waals surface area contributed by atoms with Crippen molar-refractivity contribution in [3.8, 4) is 17.3 Å². The lowest BCUT2D eigenvalue weighted by atomic mass is 9.90. The van der Waals surface area contributed by atoms with Crippen molar-refractivity contribution in [3.63, 3.8) is 0 Å². The van der Waals surface area contributed by atoms with Gasteiger partial charge in [0.05, 0.1) is 23.2 Å². The van der Waals surface area contributed by atoms with Crippen molar-refractivity contribution in [2.45, 2.75) is 18.8 Å². The highest BCUT2D eigenvalue weighted by molar-refractivity contribution is 5.94. The topological polar surface area (TPSA) is 93.4 Å². The predicted molar refractivity (Wildman–Crippen MR) is 104 cm³/mol. The van der Waals surface area contributed by atoms with E-state index in [1.54, 1.807) is 24.3 Å². The number of halogens is 2. The van der Waals surface area contributed by atoms with E-state index >= 15 is 0 Å². The SMILES string of the molecule is N#Cc1ccc(-c2cc(=O)[nH]c(C(C(=N)C3CC3)c3ccc(F)cc3F)n2)cc1. The molecule has 144 valence electrons. The first-order valence-corrected chi connectivity index (χ1v) is 9.11. The van der Waals surface area contributed by atoms with E-state index in [1.807, 2.05) is 6.07 Å². The molecule has 1 saturated carbocycles. The molecular weight excluding hydrogens is 374 g/mol. The van der Waals surface area contributed by atoms with E-state index < -0.39 is 23.1 Å². The lowest BCUT2D eigenvalue weighted by Gasteiger charge is -2.19. The molecule has 1 fully saturated rings. The summed E-state index contributed by atoms with van der Waals surface area (Å²) in [5.41, 5.74) is 1.35. The Hall–Kier alpha value is -3.66. The van der Waals surface area contributed by atoms with E-state index in [4.69, 9.17) is 10.7 Å². The number of aromatic amines is 1. The highest BCUT2D eigenvalue weighted by Crippen LogP contribution is 2.38. The van der Waals surface area contributed by atoms with E-state index in [0.717, 1.165) is 25.0 Å². The minimum absolute atomic E-state index is 0.00618. The number of hydrogen-bond donors (Lipinski definition) is 2. The van der Waals surface area contributed by atoms with Gasteiger partial charge >= 0.3 is 0 Å². The normalized spacial score (nSPS) is 14.2. The molecule has 4 rings (SSSR count). The van der Waals surface area contributed by atoms with Gasteiger partial charge in [-0.25, -0.2) is 13.8 Å². The summed E-state index contributed by atoms with van der Waals surface area (Å²) in [5.74, 6) is -2.27. The van der Waals surface area contributed by atoms with Gasteiger partial charge < -0.3 is 10.4 Å². The second-order valence-electron chi connectivity index (χ2n) is 7.03. The zero-order valence-corrected chi connectivity index (χ0v) is 15.2. The number of nitrogens with zero attached hydrogens (tertiary/aromatic N) is 2. The molecule has 1 aliphatic rings. The molecule has 0 aliphatic heterocycles. The molecule has 0 amide bonds. The molecule has 0 bridgehead atoms. The van der Waals surface area contributed by atoms with Gasteiger partial charge in [0.2, 0.25) is 0 Å². The summed E-state index contributed by atoms with van der Waals surface area (Å²) in [6.45, 7) is 0. The Morgan fingerprint density at radius 2 is 1.90 bits per heavy atom. The average Bonchev–Trinajstić information content (AvgIpc) is 3.55. The third-order valence-corrected chi connectivity index (χ3v) is 4.94. The molecule has 0 spiro atoms. The molecular formula is C22H16F2N4O. The first-order chi connectivity index (χ1) is 14.0. The molecule has 1 unspecified atom stereocenters. The van der Waals surface area contributed by atoms with Crippen LogP contribution in [0.1, 0.15) is 35.7 Å². The van der Waals surface area contributed by atoms with Crippen LogP contribution in [0.3, 0.4) is 0 Å². The number of nitrogens with one attached hydrogen (secondary N) is 2. The Balaban J connectivity index is 1.84. The molecule has 29 heavy (non-hydrogen) atoms. The number of H-pyrrole nitrogens is 1. The molecule has 1 aromatic heterocycles. The van der Waals surface area contributed by atoms with Gasteiger partial charge in [-0.2, -0.15) is 5.26 Å². The van der Waals surface area contributed by atoms with Gasteiger partial charge in [0.15, 0.2) is 0 Å². The summed E-state index contributed by atoms with van der Waals surface area (Å²) >= 11 is 0. The van der Waals surface area contributed by atoms with Crippen molar-refractivity contribution < 1.29 is 8.78 Å². The number of benzene rings is 2. The summed E-state index contributed by atoms with van der Waals surface area (Å²) in [5, 5.41) is 17.5. The highest BCUT2D eigenvalue weighted by atomic mass is 19.1. The zero-order valence-electron chi connectivity index (χ0n) is 15.2. The van der Waals surface area contributed by atoms with Crippen LogP contribution < -0.4 is 5.56 Å². The largest absolute Gasteiger partial charge is 0.310 e. The van der Waals surface area contributed by atoms with Gasteiger partial charge in [0.25, 0.3) is 5.56 Å². The molecule has 2 N–H and O–H groups in total. The van der Waals surface area contributed by atoms with E-state index in [-0.39, 0.29) is 23.0 Å². The summed E-state index contributed by atoms with van der Waals surface area (Å²) in [4.78, 5) is 19.4. The predicted octanol–water partition coefficient (Wildman–Crippen LogP) is 4.15. The smallest absolute Gasteiger partial charge is 0.251 e. The van der Waals surface area contributed by atoms with Crippen molar-refractivity contribution in [1.82, 2.24) is 9.97 Å². The number of aromatic nitrogens is 2. The van der Waals surface area contributed by atoms with Crippen LogP contribution in [0.5, 0.6) is 0 Å². The van der Waals surface area contributed by atoms with Crippen LogP contribution in [0.25, 0.3) is 11.3 Å². The summed E-state index contributed by atoms with van der Waals surface area (Å²) in [7, 11) is 0. The van der Waals surface area contributed by atoms with Gasteiger partial charge in [-0.05, 0) is 37.0 Å². The first-order valence-electron chi connectivity index (χ1n) is 9.11. The standard InChI is InChI=1S/C22H16F2N4O/c23-15-7-8-16(17(24)9-15)20(21(26)14-5-6-14)22-27-18(10-19(29)28-22)13-3-1-12(11-25)2-4-13/h1-4,7-10,14,20,26H,5-6H2,(H,27,28,29). The second kappa shape index (κ2) is 7.40. The zero-order chi connectivity index (χ0) is 20.5. The number of nitriles is 1. The number of rotatable bonds is 5. The fraction of sp³-hybridized carbons (Fsp3) is 0.182. The summed E-state index contributed by atoms with van der Waals surface area (Å²) in [6, 6.07) is 13.1. The van der Waals surface area contributed by atoms with Crippen LogP contribution in [0.15, 0.2) is 53.3 Å². The monoisotopic (exact) mass is 390 g/mol. The minimum Gasteiger partial charge on any atom is -0.310 e. The van der Waals surface area contributed by atoms with Crippen molar-refractivity contribution in [1.29, 1.82) is 10.7 Å². The molecule has 1 aliphatic carbocycles. The van der Waals surface area contributed by atoms with E-state index in [9.17, 15) is 13.6 Å². The summed E-state index contributed by atoms with van der Waals surface area (Å²) < 4.78 is 28.0. The molecule has 1 atom stereocenters. The maximum absolute atomic E-state index is 14.6. The van der Waals surface area contributed by atoms with Crippen LogP contribution in [0.2, 0.25) is 0 Å². The molecule has 5 nitrogen and oxygen atoms in total. The Morgan fingerprint density at radius 3 is 2.52 bits per heavy atom. The van der Waals surface area contributed by atoms with Crippen molar-refractivity contribution >= 4 is 5.71 Å². The third kappa shape index (κ3) is 3.83. The van der Waals surface area contributed by atoms with E-state index in [0.29, 0.717) is 16.8 Å². The minimum atomic E-state index is -0.908. The van der Waals surface area contributed by atoms with Crippen molar-refractivity contribution in [2.75, 3.05) is 0 Å². The number of hydrogen-bond acceptors (Lipinski definition) is 4. The molecule has 0 saturated heterocycles. The van der Waals surface area contributed by atoms with Crippen LogP contribution >= 0.6 is 0 Å². The van der Waals surface area contributed by atoms with Crippen molar-refractivity contribution in [2.24, 2.45) is 5.92 Å². The Bertz CT molecular complexity index is 1190. The fourth-order valence-corrected chi connectivity index (χ4v) is 3.30. The van der Waals surface area contributed by atoms with Gasteiger partial charge in [0.1, 0.15) is 17.5 Å². The molecule has 2 aromatic carbocycles. The highest BCUT2D eigenvalue weighted by Gasteiger charge is 2.35. The van der Waals surface area contributed by atoms with E-state index in [2.05, 4.69) is 9.97 Å².